The summed E-state index contributed by atoms with van der Waals surface area (Å²) in [4.78, 5) is 23.7. The summed E-state index contributed by atoms with van der Waals surface area (Å²) in [5.41, 5.74) is 0. The Morgan fingerprint density at radius 1 is 1.33 bits per heavy atom. The van der Waals surface area contributed by atoms with Gasteiger partial charge < -0.3 is 4.74 Å². The van der Waals surface area contributed by atoms with Crippen LogP contribution in [0.2, 0.25) is 0 Å². The molecule has 0 radical (unpaired) electrons. The van der Waals surface area contributed by atoms with Gasteiger partial charge in [0.25, 0.3) is 5.91 Å². The topological polar surface area (TPSA) is 46.6 Å². The maximum atomic E-state index is 11.5. The van der Waals surface area contributed by atoms with Crippen molar-refractivity contribution in [3.63, 3.8) is 0 Å². The molecule has 0 N–H and O–H groups in total. The fraction of sp³-hybridized carbons (Fsp3) is 0.429. The van der Waals surface area contributed by atoms with Crippen LogP contribution >= 0.6 is 0 Å². The van der Waals surface area contributed by atoms with Gasteiger partial charge in [0.15, 0.2) is 0 Å². The number of allylic oxidation sites excluding steroid dienone is 4. The van der Waals surface area contributed by atoms with Crippen molar-refractivity contribution in [3.05, 3.63) is 37.0 Å². The summed E-state index contributed by atoms with van der Waals surface area (Å²) in [6, 6.07) is 0. The van der Waals surface area contributed by atoms with E-state index in [4.69, 9.17) is 0 Å². The minimum atomic E-state index is -0.542. The SMILES string of the molecule is C=C/C=C/CCCC/C=C/C(=O)N1CCOC1=O. The molecule has 0 bridgehead atoms. The molecule has 98 valence electrons. The van der Waals surface area contributed by atoms with Crippen LogP contribution in [0.1, 0.15) is 25.7 Å². The maximum absolute atomic E-state index is 11.5. The molecule has 18 heavy (non-hydrogen) atoms. The lowest BCUT2D eigenvalue weighted by Crippen LogP contribution is -2.29. The largest absolute Gasteiger partial charge is 0.447 e. The van der Waals surface area contributed by atoms with E-state index in [0.29, 0.717) is 13.2 Å². The van der Waals surface area contributed by atoms with E-state index < -0.39 is 6.09 Å². The van der Waals surface area contributed by atoms with Crippen LogP contribution in [0.25, 0.3) is 0 Å². The number of hydrogen-bond donors (Lipinski definition) is 0. The highest BCUT2D eigenvalue weighted by molar-refractivity contribution is 5.99. The minimum absolute atomic E-state index is 0.288. The fourth-order valence-corrected chi connectivity index (χ4v) is 1.58. The third kappa shape index (κ3) is 4.99. The van der Waals surface area contributed by atoms with E-state index in [1.54, 1.807) is 6.08 Å². The van der Waals surface area contributed by atoms with Crippen molar-refractivity contribution in [3.8, 4) is 0 Å². The molecular formula is C14H19NO3. The molecule has 0 saturated carbocycles. The van der Waals surface area contributed by atoms with Gasteiger partial charge in [-0.2, -0.15) is 0 Å². The maximum Gasteiger partial charge on any atom is 0.416 e. The Hall–Kier alpha value is -1.84. The zero-order valence-electron chi connectivity index (χ0n) is 10.5. The Balaban J connectivity index is 2.12. The number of carbonyl (C=O) groups is 2. The van der Waals surface area contributed by atoms with Crippen LogP contribution in [0.4, 0.5) is 4.79 Å². The lowest BCUT2D eigenvalue weighted by molar-refractivity contribution is -0.122. The summed E-state index contributed by atoms with van der Waals surface area (Å²) < 4.78 is 4.69. The molecule has 1 fully saturated rings. The van der Waals surface area contributed by atoms with E-state index in [1.807, 2.05) is 12.2 Å². The number of amides is 2. The monoisotopic (exact) mass is 249 g/mol. The average Bonchev–Trinajstić information content (AvgIpc) is 2.79. The van der Waals surface area contributed by atoms with E-state index in [9.17, 15) is 9.59 Å². The molecule has 2 amide bonds. The van der Waals surface area contributed by atoms with Gasteiger partial charge in [-0.1, -0.05) is 30.9 Å². The van der Waals surface area contributed by atoms with Crippen molar-refractivity contribution in [2.45, 2.75) is 25.7 Å². The molecule has 0 spiro atoms. The summed E-state index contributed by atoms with van der Waals surface area (Å²) in [7, 11) is 0. The summed E-state index contributed by atoms with van der Waals surface area (Å²) in [5.74, 6) is -0.288. The van der Waals surface area contributed by atoms with E-state index in [0.717, 1.165) is 30.6 Å². The van der Waals surface area contributed by atoms with Crippen LogP contribution in [0, 0.1) is 0 Å². The quantitative estimate of drug-likeness (QED) is 0.396. The van der Waals surface area contributed by atoms with E-state index in [1.165, 1.54) is 6.08 Å². The number of rotatable bonds is 7. The Bertz CT molecular complexity index is 358. The molecule has 0 aliphatic carbocycles. The van der Waals surface area contributed by atoms with Gasteiger partial charge in [0.2, 0.25) is 0 Å². The smallest absolute Gasteiger partial charge is 0.416 e. The molecule has 1 saturated heterocycles. The lowest BCUT2D eigenvalue weighted by atomic mass is 10.2. The number of carbonyl (C=O) groups excluding carboxylic acids is 2. The number of cyclic esters (lactones) is 1. The van der Waals surface area contributed by atoms with Crippen LogP contribution in [0.5, 0.6) is 0 Å². The average molecular weight is 249 g/mol. The molecule has 0 aromatic carbocycles. The normalized spacial score (nSPS) is 15.6. The predicted molar refractivity (Wildman–Crippen MR) is 70.0 cm³/mol. The molecule has 1 rings (SSSR count). The Morgan fingerprint density at radius 2 is 2.06 bits per heavy atom. The third-order valence-electron chi connectivity index (χ3n) is 2.55. The number of hydrogen-bond acceptors (Lipinski definition) is 3. The van der Waals surface area contributed by atoms with Gasteiger partial charge >= 0.3 is 6.09 Å². The molecule has 0 aromatic heterocycles. The van der Waals surface area contributed by atoms with Crippen molar-refractivity contribution in [1.29, 1.82) is 0 Å². The van der Waals surface area contributed by atoms with E-state index in [-0.39, 0.29) is 5.91 Å². The van der Waals surface area contributed by atoms with Crippen molar-refractivity contribution >= 4 is 12.0 Å². The van der Waals surface area contributed by atoms with Gasteiger partial charge in [-0.05, 0) is 31.8 Å². The molecule has 0 aromatic rings. The summed E-state index contributed by atoms with van der Waals surface area (Å²) in [6.07, 6.45) is 12.4. The molecule has 1 heterocycles. The highest BCUT2D eigenvalue weighted by atomic mass is 16.6. The first kappa shape index (κ1) is 14.2. The van der Waals surface area contributed by atoms with Crippen molar-refractivity contribution in [2.75, 3.05) is 13.2 Å². The first-order valence-corrected chi connectivity index (χ1v) is 6.18. The first-order valence-electron chi connectivity index (χ1n) is 6.18. The van der Waals surface area contributed by atoms with Crippen molar-refractivity contribution in [1.82, 2.24) is 4.90 Å². The summed E-state index contributed by atoms with van der Waals surface area (Å²) in [5, 5.41) is 0. The van der Waals surface area contributed by atoms with Crippen molar-refractivity contribution in [2.24, 2.45) is 0 Å². The second-order valence-electron chi connectivity index (χ2n) is 3.95. The van der Waals surface area contributed by atoms with Crippen LogP contribution in [0.3, 0.4) is 0 Å². The summed E-state index contributed by atoms with van der Waals surface area (Å²) in [6.45, 7) is 4.25. The lowest BCUT2D eigenvalue weighted by Gasteiger charge is -2.06. The van der Waals surface area contributed by atoms with Gasteiger partial charge in [0, 0.05) is 0 Å². The standard InChI is InChI=1S/C14H19NO3/c1-2-3-4-5-6-7-8-9-10-13(16)15-11-12-18-14(15)17/h2-4,9-10H,1,5-8,11-12H2/b4-3+,10-9+. The van der Waals surface area contributed by atoms with E-state index >= 15 is 0 Å². The van der Waals surface area contributed by atoms with Crippen LogP contribution in [0.15, 0.2) is 37.0 Å². The Labute approximate surface area is 108 Å². The third-order valence-corrected chi connectivity index (χ3v) is 2.55. The first-order chi connectivity index (χ1) is 8.75. The Kier molecular flexibility index (Phi) is 6.54. The van der Waals surface area contributed by atoms with Crippen molar-refractivity contribution < 1.29 is 14.3 Å². The van der Waals surface area contributed by atoms with Gasteiger partial charge in [-0.15, -0.1) is 0 Å². The molecular weight excluding hydrogens is 230 g/mol. The van der Waals surface area contributed by atoms with Crippen LogP contribution in [-0.2, 0) is 9.53 Å². The van der Waals surface area contributed by atoms with Gasteiger partial charge in [-0.3, -0.25) is 4.79 Å². The fourth-order valence-electron chi connectivity index (χ4n) is 1.58. The zero-order valence-corrected chi connectivity index (χ0v) is 10.5. The number of nitrogens with zero attached hydrogens (tertiary/aromatic N) is 1. The highest BCUT2D eigenvalue weighted by Gasteiger charge is 2.26. The molecule has 1 aliphatic rings. The second-order valence-corrected chi connectivity index (χ2v) is 3.95. The second kappa shape index (κ2) is 8.28. The number of imide groups is 1. The molecule has 4 nitrogen and oxygen atoms in total. The Morgan fingerprint density at radius 3 is 2.67 bits per heavy atom. The van der Waals surface area contributed by atoms with E-state index in [2.05, 4.69) is 17.4 Å². The zero-order chi connectivity index (χ0) is 13.2. The van der Waals surface area contributed by atoms with Gasteiger partial charge in [-0.25, -0.2) is 9.69 Å². The number of unbranched alkanes of at least 4 members (excludes halogenated alkanes) is 3. The highest BCUT2D eigenvalue weighted by Crippen LogP contribution is 2.06. The molecule has 0 unspecified atom stereocenters. The number of ether oxygens (including phenoxy) is 1. The molecule has 4 heteroatoms. The van der Waals surface area contributed by atoms with Crippen LogP contribution < -0.4 is 0 Å². The molecule has 0 atom stereocenters. The molecule has 1 aliphatic heterocycles. The van der Waals surface area contributed by atoms with Gasteiger partial charge in [0.1, 0.15) is 6.61 Å². The summed E-state index contributed by atoms with van der Waals surface area (Å²) >= 11 is 0. The predicted octanol–water partition coefficient (Wildman–Crippen LogP) is 2.82. The van der Waals surface area contributed by atoms with Crippen LogP contribution in [-0.4, -0.2) is 30.1 Å². The van der Waals surface area contributed by atoms with Gasteiger partial charge in [0.05, 0.1) is 6.54 Å². The minimum Gasteiger partial charge on any atom is -0.447 e.